The van der Waals surface area contributed by atoms with Gasteiger partial charge in [-0.1, -0.05) is 36.9 Å². The van der Waals surface area contributed by atoms with Crippen molar-refractivity contribution in [3.05, 3.63) is 42.2 Å². The van der Waals surface area contributed by atoms with Crippen molar-refractivity contribution in [3.63, 3.8) is 0 Å². The van der Waals surface area contributed by atoms with Crippen LogP contribution in [0.1, 0.15) is 13.3 Å². The topological polar surface area (TPSA) is 37.3 Å². The molecule has 80 valence electrons. The third kappa shape index (κ3) is 1.58. The van der Waals surface area contributed by atoms with E-state index in [-0.39, 0.29) is 0 Å². The van der Waals surface area contributed by atoms with Crippen molar-refractivity contribution >= 4 is 12.4 Å². The van der Waals surface area contributed by atoms with E-state index < -0.39 is 12.7 Å². The van der Waals surface area contributed by atoms with Crippen molar-refractivity contribution in [2.75, 3.05) is 6.16 Å². The molecule has 3 heteroatoms. The van der Waals surface area contributed by atoms with Gasteiger partial charge in [0.1, 0.15) is 7.14 Å². The van der Waals surface area contributed by atoms with Gasteiger partial charge in [-0.25, -0.2) is 0 Å². The van der Waals surface area contributed by atoms with Gasteiger partial charge >= 0.3 is 0 Å². The van der Waals surface area contributed by atoms with Gasteiger partial charge in [-0.2, -0.15) is 0 Å². The molecule has 0 spiro atoms. The lowest BCUT2D eigenvalue weighted by Crippen LogP contribution is -2.21. The Morgan fingerprint density at radius 2 is 2.00 bits per heavy atom. The molecule has 1 heterocycles. The summed E-state index contributed by atoms with van der Waals surface area (Å²) in [6.45, 7) is 5.52. The average molecular weight is 222 g/mol. The van der Waals surface area contributed by atoms with Crippen LogP contribution in [0.2, 0.25) is 0 Å². The van der Waals surface area contributed by atoms with Gasteiger partial charge in [0.2, 0.25) is 0 Å². The molecule has 0 aliphatic carbocycles. The van der Waals surface area contributed by atoms with Crippen LogP contribution in [0.15, 0.2) is 42.2 Å². The quantitative estimate of drug-likeness (QED) is 0.740. The van der Waals surface area contributed by atoms with Crippen molar-refractivity contribution in [2.24, 2.45) is 0 Å². The first kappa shape index (κ1) is 10.7. The Labute approximate surface area is 90.0 Å². The van der Waals surface area contributed by atoms with Gasteiger partial charge in [-0.3, -0.25) is 0 Å². The standard InChI is InChI=1S/C12H15O2P/c1-10-12(2,13)8-9-15(10,14)11-6-4-3-5-7-11/h3-7,13H,1,8-9H2,2H3/t12?,15-/m0/s1. The maximum Gasteiger partial charge on any atom is 0.141 e. The molecule has 2 rings (SSSR count). The zero-order chi connectivity index (χ0) is 11.1. The van der Waals surface area contributed by atoms with Crippen molar-refractivity contribution in [1.29, 1.82) is 0 Å². The second-order valence-corrected chi connectivity index (χ2v) is 7.25. The van der Waals surface area contributed by atoms with E-state index in [1.807, 2.05) is 30.3 Å². The van der Waals surface area contributed by atoms with Crippen LogP contribution in [0.25, 0.3) is 0 Å². The molecule has 2 atom stereocenters. The molecule has 1 aliphatic rings. The van der Waals surface area contributed by atoms with E-state index in [4.69, 9.17) is 0 Å². The van der Waals surface area contributed by atoms with E-state index in [9.17, 15) is 9.67 Å². The Morgan fingerprint density at radius 1 is 1.40 bits per heavy atom. The Hall–Kier alpha value is -0.850. The molecule has 2 nitrogen and oxygen atoms in total. The molecule has 1 N–H and O–H groups in total. The fourth-order valence-electron chi connectivity index (χ4n) is 2.00. The van der Waals surface area contributed by atoms with Crippen LogP contribution in [0.3, 0.4) is 0 Å². The van der Waals surface area contributed by atoms with Gasteiger partial charge in [0.05, 0.1) is 5.60 Å². The summed E-state index contributed by atoms with van der Waals surface area (Å²) in [7, 11) is -2.58. The molecule has 1 aliphatic heterocycles. The van der Waals surface area contributed by atoms with Crippen LogP contribution in [0.5, 0.6) is 0 Å². The molecule has 0 aromatic heterocycles. The van der Waals surface area contributed by atoms with Crippen molar-refractivity contribution in [2.45, 2.75) is 18.9 Å². The number of hydrogen-bond donors (Lipinski definition) is 1. The van der Waals surface area contributed by atoms with Crippen LogP contribution in [0.4, 0.5) is 0 Å². The molecule has 0 bridgehead atoms. The Morgan fingerprint density at radius 3 is 2.47 bits per heavy atom. The molecule has 15 heavy (non-hydrogen) atoms. The second-order valence-electron chi connectivity index (χ2n) is 4.27. The van der Waals surface area contributed by atoms with Crippen molar-refractivity contribution in [1.82, 2.24) is 0 Å². The van der Waals surface area contributed by atoms with E-state index >= 15 is 0 Å². The molecule has 1 aromatic rings. The van der Waals surface area contributed by atoms with Gasteiger partial charge in [-0.05, 0) is 13.3 Å². The van der Waals surface area contributed by atoms with Gasteiger partial charge in [-0.15, -0.1) is 0 Å². The highest BCUT2D eigenvalue weighted by Crippen LogP contribution is 2.62. The van der Waals surface area contributed by atoms with Crippen molar-refractivity contribution in [3.8, 4) is 0 Å². The molecule has 1 saturated heterocycles. The van der Waals surface area contributed by atoms with Gasteiger partial charge in [0.15, 0.2) is 0 Å². The Balaban J connectivity index is 2.47. The van der Waals surface area contributed by atoms with Crippen LogP contribution >= 0.6 is 7.14 Å². The van der Waals surface area contributed by atoms with Crippen LogP contribution < -0.4 is 5.30 Å². The third-order valence-corrected chi connectivity index (χ3v) is 6.48. The number of rotatable bonds is 1. The minimum Gasteiger partial charge on any atom is -0.385 e. The molecule has 1 fully saturated rings. The van der Waals surface area contributed by atoms with E-state index in [2.05, 4.69) is 6.58 Å². The SMILES string of the molecule is C=C1C(C)(O)CC[P@@]1(=O)c1ccccc1. The lowest BCUT2D eigenvalue weighted by Gasteiger charge is -2.20. The van der Waals surface area contributed by atoms with Gasteiger partial charge in [0, 0.05) is 16.8 Å². The summed E-state index contributed by atoms with van der Waals surface area (Å²) in [5, 5.41) is 11.3. The zero-order valence-corrected chi connectivity index (χ0v) is 9.71. The summed E-state index contributed by atoms with van der Waals surface area (Å²) in [5.74, 6) is 0. The Kier molecular flexibility index (Phi) is 2.37. The molecular weight excluding hydrogens is 207 g/mol. The van der Waals surface area contributed by atoms with E-state index in [1.54, 1.807) is 6.92 Å². The summed E-state index contributed by atoms with van der Waals surface area (Å²) in [5.41, 5.74) is -0.967. The van der Waals surface area contributed by atoms with Crippen LogP contribution in [-0.4, -0.2) is 16.9 Å². The number of aliphatic hydroxyl groups is 1. The lowest BCUT2D eigenvalue weighted by molar-refractivity contribution is 0.110. The van der Waals surface area contributed by atoms with E-state index in [0.717, 1.165) is 5.30 Å². The third-order valence-electron chi connectivity index (χ3n) is 3.14. The predicted molar refractivity (Wildman–Crippen MR) is 62.9 cm³/mol. The zero-order valence-electron chi connectivity index (χ0n) is 8.81. The molecule has 1 unspecified atom stereocenters. The molecular formula is C12H15O2P. The summed E-state index contributed by atoms with van der Waals surface area (Å²) in [6, 6.07) is 9.35. The Bertz CT molecular complexity index is 434. The smallest absolute Gasteiger partial charge is 0.141 e. The first-order valence-electron chi connectivity index (χ1n) is 5.04. The summed E-state index contributed by atoms with van der Waals surface area (Å²) in [6.07, 6.45) is 1.07. The van der Waals surface area contributed by atoms with E-state index in [0.29, 0.717) is 17.9 Å². The first-order valence-corrected chi connectivity index (χ1v) is 6.93. The fraction of sp³-hybridized carbons (Fsp3) is 0.333. The highest BCUT2D eigenvalue weighted by molar-refractivity contribution is 7.76. The molecule has 0 radical (unpaired) electrons. The number of benzene rings is 1. The highest BCUT2D eigenvalue weighted by atomic mass is 31.2. The summed E-state index contributed by atoms with van der Waals surface area (Å²) in [4.78, 5) is 0. The minimum absolute atomic E-state index is 0.501. The molecule has 1 aromatic carbocycles. The average Bonchev–Trinajstić information content (AvgIpc) is 2.45. The largest absolute Gasteiger partial charge is 0.385 e. The normalized spacial score (nSPS) is 35.7. The summed E-state index contributed by atoms with van der Waals surface area (Å²) < 4.78 is 12.7. The maximum absolute atomic E-state index is 12.7. The molecule has 0 amide bonds. The fourth-order valence-corrected chi connectivity index (χ4v) is 5.13. The van der Waals surface area contributed by atoms with Crippen LogP contribution in [-0.2, 0) is 4.57 Å². The second kappa shape index (κ2) is 3.33. The monoisotopic (exact) mass is 222 g/mol. The minimum atomic E-state index is -2.58. The van der Waals surface area contributed by atoms with Crippen LogP contribution in [0, 0.1) is 0 Å². The highest BCUT2D eigenvalue weighted by Gasteiger charge is 2.45. The maximum atomic E-state index is 12.7. The molecule has 0 saturated carbocycles. The first-order chi connectivity index (χ1) is 6.97. The number of hydrogen-bond acceptors (Lipinski definition) is 2. The van der Waals surface area contributed by atoms with Gasteiger partial charge < -0.3 is 9.67 Å². The summed E-state index contributed by atoms with van der Waals surface area (Å²) >= 11 is 0. The predicted octanol–water partition coefficient (Wildman–Crippen LogP) is 2.34. The van der Waals surface area contributed by atoms with Gasteiger partial charge in [0.25, 0.3) is 0 Å². The lowest BCUT2D eigenvalue weighted by atomic mass is 10.1. The van der Waals surface area contributed by atoms with Crippen molar-refractivity contribution < 1.29 is 9.67 Å². The van der Waals surface area contributed by atoms with E-state index in [1.165, 1.54) is 0 Å².